The van der Waals surface area contributed by atoms with Crippen LogP contribution in [-0.4, -0.2) is 30.8 Å². The van der Waals surface area contributed by atoms with Gasteiger partial charge in [0.15, 0.2) is 6.17 Å². The number of halogens is 8. The van der Waals surface area contributed by atoms with E-state index < -0.39 is 30.8 Å². The summed E-state index contributed by atoms with van der Waals surface area (Å²) in [6.07, 6.45) is -10.7. The Kier molecular flexibility index (Phi) is 3.37. The molecule has 0 aromatic carbocycles. The summed E-state index contributed by atoms with van der Waals surface area (Å²) in [5.74, 6) is -12.6. The zero-order chi connectivity index (χ0) is 11.8. The zero-order valence-electron chi connectivity index (χ0n) is 6.22. The molecule has 0 aromatic heterocycles. The highest BCUT2D eigenvalue weighted by Gasteiger charge is 2.75. The summed E-state index contributed by atoms with van der Waals surface area (Å²) in [5, 5.41) is 9.49. The molecule has 14 heavy (non-hydrogen) atoms. The fourth-order valence-electron chi connectivity index (χ4n) is 0.490. The molecule has 1 radical (unpaired) electrons. The second kappa shape index (κ2) is 3.52. The molecule has 0 aliphatic rings. The molecule has 0 N–H and O–H groups in total. The Bertz CT molecular complexity index is 196. The van der Waals surface area contributed by atoms with E-state index in [0.717, 1.165) is 0 Å². The maximum atomic E-state index is 12.0. The van der Waals surface area contributed by atoms with Crippen molar-refractivity contribution in [3.8, 4) is 0 Å². The minimum atomic E-state index is -6.60. The average Bonchev–Trinajstić information content (AvgIpc) is 2.00. The Morgan fingerprint density at radius 3 is 1.50 bits per heavy atom. The molecule has 0 heterocycles. The van der Waals surface area contributed by atoms with Gasteiger partial charge in [-0.15, -0.1) is 0 Å². The highest BCUT2D eigenvalue weighted by atomic mass is 19.4. The van der Waals surface area contributed by atoms with Crippen LogP contribution < -0.4 is 0 Å². The van der Waals surface area contributed by atoms with Crippen molar-refractivity contribution in [1.29, 1.82) is 0 Å². The van der Waals surface area contributed by atoms with E-state index in [1.807, 2.05) is 0 Å². The fourth-order valence-corrected chi connectivity index (χ4v) is 0.490. The summed E-state index contributed by atoms with van der Waals surface area (Å²) < 4.78 is 93.8. The van der Waals surface area contributed by atoms with E-state index in [-0.39, 0.29) is 0 Å². The van der Waals surface area contributed by atoms with Crippen LogP contribution in [-0.2, 0) is 5.11 Å². The summed E-state index contributed by atoms with van der Waals surface area (Å²) in [6, 6.07) is 0. The molecule has 85 valence electrons. The van der Waals surface area contributed by atoms with Gasteiger partial charge in [-0.05, 0) is 0 Å². The quantitative estimate of drug-likeness (QED) is 0.665. The van der Waals surface area contributed by atoms with Crippen molar-refractivity contribution in [2.75, 3.05) is 6.61 Å². The Morgan fingerprint density at radius 1 is 0.929 bits per heavy atom. The average molecular weight is 231 g/mol. The zero-order valence-corrected chi connectivity index (χ0v) is 6.22. The highest BCUT2D eigenvalue weighted by Crippen LogP contribution is 2.48. The highest BCUT2D eigenvalue weighted by molar-refractivity contribution is 4.95. The first-order chi connectivity index (χ1) is 5.98. The van der Waals surface area contributed by atoms with Gasteiger partial charge in [0.2, 0.25) is 0 Å². The van der Waals surface area contributed by atoms with E-state index in [0.29, 0.717) is 0 Å². The molecule has 1 unspecified atom stereocenters. The second-order valence-electron chi connectivity index (χ2n) is 2.33. The molecule has 0 saturated carbocycles. The molecule has 0 aliphatic carbocycles. The Hall–Kier alpha value is -0.600. The molecule has 0 spiro atoms. The molecule has 1 atom stereocenters. The van der Waals surface area contributed by atoms with Crippen LogP contribution in [0, 0.1) is 0 Å². The molecule has 0 fully saturated rings. The summed E-state index contributed by atoms with van der Waals surface area (Å²) >= 11 is 0. The van der Waals surface area contributed by atoms with Gasteiger partial charge in [-0.25, -0.2) is 9.50 Å². The van der Waals surface area contributed by atoms with Crippen molar-refractivity contribution in [3.05, 3.63) is 0 Å². The van der Waals surface area contributed by atoms with Crippen molar-refractivity contribution in [1.82, 2.24) is 0 Å². The lowest BCUT2D eigenvalue weighted by molar-refractivity contribution is -0.367. The number of alkyl halides is 8. The van der Waals surface area contributed by atoms with Crippen LogP contribution in [0.25, 0.3) is 0 Å². The Morgan fingerprint density at radius 2 is 1.29 bits per heavy atom. The largest absolute Gasteiger partial charge is 0.459 e. The van der Waals surface area contributed by atoms with E-state index in [4.69, 9.17) is 0 Å². The molecule has 9 heteroatoms. The van der Waals surface area contributed by atoms with Gasteiger partial charge in [-0.3, -0.25) is 0 Å². The molecule has 0 amide bonds. The Labute approximate surface area is 72.3 Å². The van der Waals surface area contributed by atoms with Gasteiger partial charge in [0.05, 0.1) is 0 Å². The number of rotatable bonds is 3. The summed E-state index contributed by atoms with van der Waals surface area (Å²) in [5.41, 5.74) is 0. The van der Waals surface area contributed by atoms with Crippen molar-refractivity contribution >= 4 is 0 Å². The first-order valence-corrected chi connectivity index (χ1v) is 3.03. The van der Waals surface area contributed by atoms with Gasteiger partial charge < -0.3 is 0 Å². The molecule has 1 nitrogen and oxygen atoms in total. The lowest BCUT2D eigenvalue weighted by Gasteiger charge is -2.29. The summed E-state index contributed by atoms with van der Waals surface area (Å²) in [6.45, 7) is -2.38. The van der Waals surface area contributed by atoms with Gasteiger partial charge in [0, 0.05) is 0 Å². The van der Waals surface area contributed by atoms with Crippen molar-refractivity contribution in [2.45, 2.75) is 24.2 Å². The van der Waals surface area contributed by atoms with Gasteiger partial charge in [0.25, 0.3) is 0 Å². The lowest BCUT2D eigenvalue weighted by Crippen LogP contribution is -2.57. The number of hydrogen-bond donors (Lipinski definition) is 0. The smallest absolute Gasteiger partial charge is 0.238 e. The minimum Gasteiger partial charge on any atom is -0.238 e. The van der Waals surface area contributed by atoms with E-state index in [2.05, 4.69) is 0 Å². The van der Waals surface area contributed by atoms with Crippen LogP contribution in [0.5, 0.6) is 0 Å². The maximum Gasteiger partial charge on any atom is 0.459 e. The van der Waals surface area contributed by atoms with E-state index in [1.54, 1.807) is 0 Å². The minimum absolute atomic E-state index is 2.38. The SMILES string of the molecule is [O]CC(F)C(F)(F)C(F)(F)C(F)(F)F. The first kappa shape index (κ1) is 13.4. The Balaban J connectivity index is 5.07. The monoisotopic (exact) mass is 231 g/mol. The predicted octanol–water partition coefficient (Wildman–Crippen LogP) is 2.59. The first-order valence-electron chi connectivity index (χ1n) is 3.03. The molecule has 0 bridgehead atoms. The van der Waals surface area contributed by atoms with E-state index in [9.17, 15) is 40.2 Å². The third kappa shape index (κ3) is 1.91. The molecular weight excluding hydrogens is 228 g/mol. The van der Waals surface area contributed by atoms with Crippen molar-refractivity contribution in [3.63, 3.8) is 0 Å². The fraction of sp³-hybridized carbons (Fsp3) is 1.00. The topological polar surface area (TPSA) is 19.9 Å². The van der Waals surface area contributed by atoms with Gasteiger partial charge in [0.1, 0.15) is 6.61 Å². The van der Waals surface area contributed by atoms with E-state index >= 15 is 0 Å². The molecular formula is C5H3F8O. The van der Waals surface area contributed by atoms with Crippen LogP contribution in [0.15, 0.2) is 0 Å². The molecule has 0 aliphatic heterocycles. The standard InChI is InChI=1S/C5H3F8O/c6-2(1-14)3(7,8)4(9,10)5(11,12)13/h2H,1H2. The van der Waals surface area contributed by atoms with Crippen molar-refractivity contribution < 1.29 is 40.2 Å². The van der Waals surface area contributed by atoms with E-state index in [1.165, 1.54) is 0 Å². The normalized spacial score (nSPS) is 16.9. The summed E-state index contributed by atoms with van der Waals surface area (Å²) in [7, 11) is 0. The predicted molar refractivity (Wildman–Crippen MR) is 26.4 cm³/mol. The number of hydrogen-bond acceptors (Lipinski definition) is 0. The molecule has 0 saturated heterocycles. The second-order valence-corrected chi connectivity index (χ2v) is 2.33. The van der Waals surface area contributed by atoms with Crippen LogP contribution in [0.3, 0.4) is 0 Å². The van der Waals surface area contributed by atoms with Gasteiger partial charge >= 0.3 is 18.0 Å². The third-order valence-corrected chi connectivity index (χ3v) is 1.31. The molecule has 0 aromatic rings. The van der Waals surface area contributed by atoms with Crippen LogP contribution in [0.4, 0.5) is 35.1 Å². The van der Waals surface area contributed by atoms with Crippen LogP contribution >= 0.6 is 0 Å². The van der Waals surface area contributed by atoms with Crippen LogP contribution in [0.1, 0.15) is 0 Å². The summed E-state index contributed by atoms with van der Waals surface area (Å²) in [4.78, 5) is 0. The molecule has 0 rings (SSSR count). The lowest BCUT2D eigenvalue weighted by atomic mass is 10.1. The van der Waals surface area contributed by atoms with Crippen LogP contribution in [0.2, 0.25) is 0 Å². The maximum absolute atomic E-state index is 12.0. The van der Waals surface area contributed by atoms with Gasteiger partial charge in [-0.2, -0.15) is 30.7 Å². The van der Waals surface area contributed by atoms with Crippen molar-refractivity contribution in [2.24, 2.45) is 0 Å². The third-order valence-electron chi connectivity index (χ3n) is 1.31. The van der Waals surface area contributed by atoms with Gasteiger partial charge in [-0.1, -0.05) is 0 Å².